The fraction of sp³-hybridized carbons (Fsp3) is 0.273. The van der Waals surface area contributed by atoms with Gasteiger partial charge in [0.15, 0.2) is 0 Å². The summed E-state index contributed by atoms with van der Waals surface area (Å²) in [4.78, 5) is 23.2. The topological polar surface area (TPSA) is 89.4 Å². The van der Waals surface area contributed by atoms with E-state index in [4.69, 9.17) is 11.5 Å². The third kappa shape index (κ3) is 5.24. The molecule has 0 aliphatic heterocycles. The van der Waals surface area contributed by atoms with E-state index in [1.54, 1.807) is 6.07 Å². The van der Waals surface area contributed by atoms with Gasteiger partial charge < -0.3 is 11.5 Å². The van der Waals surface area contributed by atoms with E-state index >= 15 is 0 Å². The second-order valence-corrected chi connectivity index (χ2v) is 4.77. The summed E-state index contributed by atoms with van der Waals surface area (Å²) in [7, 11) is 0. The summed E-state index contributed by atoms with van der Waals surface area (Å²) in [6.07, 6.45) is 0. The Bertz CT molecular complexity index is 431. The van der Waals surface area contributed by atoms with E-state index in [2.05, 4.69) is 15.9 Å². The van der Waals surface area contributed by atoms with Crippen molar-refractivity contribution in [3.05, 3.63) is 34.1 Å². The van der Waals surface area contributed by atoms with E-state index in [9.17, 15) is 14.0 Å². The molecule has 0 aliphatic rings. The smallest absolute Gasteiger partial charge is 0.231 e. The molecule has 0 saturated heterocycles. The second kappa shape index (κ2) is 6.46. The third-order valence-electron chi connectivity index (χ3n) is 2.09. The van der Waals surface area contributed by atoms with Crippen LogP contribution in [0.5, 0.6) is 0 Å². The van der Waals surface area contributed by atoms with Gasteiger partial charge in [0.1, 0.15) is 5.82 Å². The minimum atomic E-state index is -0.577. The maximum absolute atomic E-state index is 13.2. The fourth-order valence-corrected chi connectivity index (χ4v) is 2.08. The summed E-state index contributed by atoms with van der Waals surface area (Å²) in [5.74, 6) is -1.56. The quantitative estimate of drug-likeness (QED) is 0.794. The molecule has 0 saturated carbocycles. The lowest BCUT2D eigenvalue weighted by Gasteiger charge is -2.19. The Hall–Kier alpha value is -1.47. The number of rotatable bonds is 6. The van der Waals surface area contributed by atoms with Gasteiger partial charge in [0.2, 0.25) is 11.8 Å². The monoisotopic (exact) mass is 317 g/mol. The first-order valence-electron chi connectivity index (χ1n) is 5.10. The van der Waals surface area contributed by atoms with Crippen LogP contribution in [-0.2, 0) is 16.1 Å². The van der Waals surface area contributed by atoms with Gasteiger partial charge in [0, 0.05) is 11.0 Å². The second-order valence-electron chi connectivity index (χ2n) is 3.86. The summed E-state index contributed by atoms with van der Waals surface area (Å²) < 4.78 is 13.8. The Morgan fingerprint density at radius 1 is 1.17 bits per heavy atom. The number of amides is 2. The van der Waals surface area contributed by atoms with Gasteiger partial charge in [-0.05, 0) is 23.8 Å². The van der Waals surface area contributed by atoms with Crippen LogP contribution in [0.2, 0.25) is 0 Å². The number of hydrogen-bond acceptors (Lipinski definition) is 3. The van der Waals surface area contributed by atoms with Crippen molar-refractivity contribution in [3.8, 4) is 0 Å². The highest BCUT2D eigenvalue weighted by Gasteiger charge is 2.12. The van der Waals surface area contributed by atoms with E-state index in [-0.39, 0.29) is 19.6 Å². The molecular weight excluding hydrogens is 305 g/mol. The zero-order valence-corrected chi connectivity index (χ0v) is 11.1. The molecule has 0 fully saturated rings. The highest BCUT2D eigenvalue weighted by Crippen LogP contribution is 2.16. The van der Waals surface area contributed by atoms with Gasteiger partial charge in [0.05, 0.1) is 13.1 Å². The van der Waals surface area contributed by atoms with Gasteiger partial charge in [-0.25, -0.2) is 4.39 Å². The lowest BCUT2D eigenvalue weighted by atomic mass is 10.2. The van der Waals surface area contributed by atoms with E-state index < -0.39 is 17.6 Å². The van der Waals surface area contributed by atoms with Crippen molar-refractivity contribution in [2.45, 2.75) is 6.54 Å². The molecule has 5 nitrogen and oxygen atoms in total. The number of benzene rings is 1. The van der Waals surface area contributed by atoms with E-state index in [0.29, 0.717) is 10.0 Å². The average Bonchev–Trinajstić information content (AvgIpc) is 2.12. The summed E-state index contributed by atoms with van der Waals surface area (Å²) in [5.41, 5.74) is 10.7. The molecule has 0 unspecified atom stereocenters. The minimum Gasteiger partial charge on any atom is -0.369 e. The normalized spacial score (nSPS) is 10.6. The molecule has 1 rings (SSSR count). The van der Waals surface area contributed by atoms with Crippen LogP contribution in [0.15, 0.2) is 22.7 Å². The third-order valence-corrected chi connectivity index (χ3v) is 2.55. The van der Waals surface area contributed by atoms with Crippen molar-refractivity contribution in [2.75, 3.05) is 13.1 Å². The van der Waals surface area contributed by atoms with Gasteiger partial charge in [-0.1, -0.05) is 15.9 Å². The van der Waals surface area contributed by atoms with Crippen molar-refractivity contribution in [2.24, 2.45) is 11.5 Å². The first kappa shape index (κ1) is 14.6. The molecule has 0 radical (unpaired) electrons. The lowest BCUT2D eigenvalue weighted by molar-refractivity contribution is -0.122. The van der Waals surface area contributed by atoms with Crippen LogP contribution in [0.1, 0.15) is 5.56 Å². The minimum absolute atomic E-state index is 0.114. The molecule has 0 aliphatic carbocycles. The average molecular weight is 318 g/mol. The lowest BCUT2D eigenvalue weighted by Crippen LogP contribution is -2.39. The van der Waals surface area contributed by atoms with Crippen LogP contribution in [0.4, 0.5) is 4.39 Å². The van der Waals surface area contributed by atoms with Gasteiger partial charge >= 0.3 is 0 Å². The predicted molar refractivity (Wildman–Crippen MR) is 67.8 cm³/mol. The molecule has 0 aromatic heterocycles. The van der Waals surface area contributed by atoms with Crippen LogP contribution in [0.3, 0.4) is 0 Å². The fourth-order valence-electron chi connectivity index (χ4n) is 1.57. The van der Waals surface area contributed by atoms with E-state index in [0.717, 1.165) is 0 Å². The van der Waals surface area contributed by atoms with Crippen molar-refractivity contribution in [1.82, 2.24) is 4.90 Å². The van der Waals surface area contributed by atoms with Crippen molar-refractivity contribution in [3.63, 3.8) is 0 Å². The number of carbonyl (C=O) groups is 2. The first-order valence-corrected chi connectivity index (χ1v) is 5.90. The number of carbonyl (C=O) groups excluding carboxylic acids is 2. The standard InChI is InChI=1S/C11H13BrFN3O2/c12-8-1-7(2-9(13)3-8)4-16(5-10(14)17)6-11(15)18/h1-3H,4-6H2,(H2,14,17)(H2,15,18). The van der Waals surface area contributed by atoms with Crippen LogP contribution in [0, 0.1) is 5.82 Å². The van der Waals surface area contributed by atoms with Crippen LogP contribution in [-0.4, -0.2) is 29.8 Å². The SMILES string of the molecule is NC(=O)CN(CC(N)=O)Cc1cc(F)cc(Br)c1. The van der Waals surface area contributed by atoms with Gasteiger partial charge in [-0.15, -0.1) is 0 Å². The number of nitrogens with two attached hydrogens (primary N) is 2. The maximum Gasteiger partial charge on any atom is 0.231 e. The Morgan fingerprint density at radius 3 is 2.17 bits per heavy atom. The number of halogens is 2. The molecule has 1 aromatic carbocycles. The molecule has 2 amide bonds. The number of nitrogens with zero attached hydrogens (tertiary/aromatic N) is 1. The largest absolute Gasteiger partial charge is 0.369 e. The van der Waals surface area contributed by atoms with Crippen molar-refractivity contribution >= 4 is 27.7 Å². The highest BCUT2D eigenvalue weighted by molar-refractivity contribution is 9.10. The Labute approximate surface area is 112 Å². The molecule has 18 heavy (non-hydrogen) atoms. The van der Waals surface area contributed by atoms with Gasteiger partial charge in [0.25, 0.3) is 0 Å². The zero-order chi connectivity index (χ0) is 13.7. The molecule has 7 heteroatoms. The molecule has 98 valence electrons. The van der Waals surface area contributed by atoms with Gasteiger partial charge in [-0.3, -0.25) is 14.5 Å². The Balaban J connectivity index is 2.80. The van der Waals surface area contributed by atoms with Gasteiger partial charge in [-0.2, -0.15) is 0 Å². The van der Waals surface area contributed by atoms with E-state index in [1.807, 2.05) is 0 Å². The first-order chi connectivity index (χ1) is 8.36. The van der Waals surface area contributed by atoms with Crippen LogP contribution >= 0.6 is 15.9 Å². The Kier molecular flexibility index (Phi) is 5.24. The maximum atomic E-state index is 13.2. The molecule has 1 aromatic rings. The highest BCUT2D eigenvalue weighted by atomic mass is 79.9. The number of primary amides is 2. The molecule has 0 atom stereocenters. The molecule has 0 heterocycles. The molecule has 0 spiro atoms. The predicted octanol–water partition coefficient (Wildman–Crippen LogP) is 0.361. The number of hydrogen-bond donors (Lipinski definition) is 2. The van der Waals surface area contributed by atoms with Crippen LogP contribution < -0.4 is 11.5 Å². The zero-order valence-electron chi connectivity index (χ0n) is 9.53. The van der Waals surface area contributed by atoms with Crippen LogP contribution in [0.25, 0.3) is 0 Å². The van der Waals surface area contributed by atoms with Crippen molar-refractivity contribution in [1.29, 1.82) is 0 Å². The summed E-state index contributed by atoms with van der Waals surface area (Å²) in [6.45, 7) is -0.0175. The molecule has 4 N–H and O–H groups in total. The molecular formula is C11H13BrFN3O2. The van der Waals surface area contributed by atoms with Crippen molar-refractivity contribution < 1.29 is 14.0 Å². The summed E-state index contributed by atoms with van der Waals surface area (Å²) in [5, 5.41) is 0. The summed E-state index contributed by atoms with van der Waals surface area (Å²) in [6, 6.07) is 4.33. The Morgan fingerprint density at radius 2 is 1.72 bits per heavy atom. The summed E-state index contributed by atoms with van der Waals surface area (Å²) >= 11 is 3.16. The van der Waals surface area contributed by atoms with E-state index in [1.165, 1.54) is 17.0 Å². The molecule has 0 bridgehead atoms.